The fourth-order valence-electron chi connectivity index (χ4n) is 3.61. The van der Waals surface area contributed by atoms with Crippen LogP contribution in [0.1, 0.15) is 32.1 Å². The summed E-state index contributed by atoms with van der Waals surface area (Å²) in [5.74, 6) is 1.68. The van der Waals surface area contributed by atoms with Gasteiger partial charge in [-0.2, -0.15) is 0 Å². The molecule has 1 N–H and O–H groups in total. The Kier molecular flexibility index (Phi) is 5.81. The molecule has 6 nitrogen and oxygen atoms in total. The fourth-order valence-corrected chi connectivity index (χ4v) is 4.37. The van der Waals surface area contributed by atoms with E-state index < -0.39 is 0 Å². The number of benzene rings is 1. The molecule has 0 bridgehead atoms. The average molecular weight is 397 g/mol. The molecule has 1 amide bonds. The summed E-state index contributed by atoms with van der Waals surface area (Å²) in [6.45, 7) is 4.38. The van der Waals surface area contributed by atoms with Crippen LogP contribution in [0.25, 0.3) is 22.6 Å². The number of nitrogens with one attached hydrogen (secondary N) is 1. The quantitative estimate of drug-likeness (QED) is 0.473. The third-order valence-corrected chi connectivity index (χ3v) is 5.94. The first kappa shape index (κ1) is 18.8. The summed E-state index contributed by atoms with van der Waals surface area (Å²) in [4.78, 5) is 12.3. The van der Waals surface area contributed by atoms with E-state index in [0.717, 1.165) is 23.8 Å². The van der Waals surface area contributed by atoms with Gasteiger partial charge in [-0.05, 0) is 25.0 Å². The van der Waals surface area contributed by atoms with Crippen LogP contribution >= 0.6 is 11.8 Å². The summed E-state index contributed by atoms with van der Waals surface area (Å²) in [5.41, 5.74) is 0.812. The largest absolute Gasteiger partial charge is 0.453 e. The highest BCUT2D eigenvalue weighted by Crippen LogP contribution is 2.29. The molecular weight excluding hydrogens is 372 g/mol. The van der Waals surface area contributed by atoms with E-state index in [1.54, 1.807) is 6.08 Å². The lowest BCUT2D eigenvalue weighted by Gasteiger charge is -2.22. The van der Waals surface area contributed by atoms with E-state index in [-0.39, 0.29) is 5.91 Å². The van der Waals surface area contributed by atoms with Crippen molar-refractivity contribution in [2.45, 2.75) is 49.8 Å². The summed E-state index contributed by atoms with van der Waals surface area (Å²) in [5, 5.41) is 13.5. The summed E-state index contributed by atoms with van der Waals surface area (Å²) < 4.78 is 7.87. The fraction of sp³-hybridized carbons (Fsp3) is 0.381. The average Bonchev–Trinajstić information content (AvgIpc) is 3.31. The van der Waals surface area contributed by atoms with Crippen LogP contribution in [0.5, 0.6) is 0 Å². The molecule has 1 aliphatic carbocycles. The maximum absolute atomic E-state index is 12.3. The smallest absolute Gasteiger partial charge is 0.230 e. The van der Waals surface area contributed by atoms with Gasteiger partial charge >= 0.3 is 0 Å². The van der Waals surface area contributed by atoms with Crippen molar-refractivity contribution >= 4 is 28.6 Å². The number of hydrogen-bond acceptors (Lipinski definition) is 5. The monoisotopic (exact) mass is 396 g/mol. The van der Waals surface area contributed by atoms with Crippen LogP contribution in [-0.2, 0) is 11.3 Å². The minimum atomic E-state index is 0.0512. The predicted octanol–water partition coefficient (Wildman–Crippen LogP) is 4.42. The van der Waals surface area contributed by atoms with Gasteiger partial charge in [0.05, 0.1) is 5.75 Å². The van der Waals surface area contributed by atoms with E-state index >= 15 is 0 Å². The van der Waals surface area contributed by atoms with Crippen molar-refractivity contribution in [3.05, 3.63) is 43.0 Å². The van der Waals surface area contributed by atoms with E-state index in [1.165, 1.54) is 31.0 Å². The molecule has 0 saturated heterocycles. The lowest BCUT2D eigenvalue weighted by Crippen LogP contribution is -2.37. The Morgan fingerprint density at radius 3 is 2.89 bits per heavy atom. The lowest BCUT2D eigenvalue weighted by molar-refractivity contribution is -0.119. The number of aromatic nitrogens is 3. The minimum Gasteiger partial charge on any atom is -0.453 e. The van der Waals surface area contributed by atoms with Gasteiger partial charge in [0.1, 0.15) is 5.58 Å². The summed E-state index contributed by atoms with van der Waals surface area (Å²) in [6, 6.07) is 10.1. The lowest BCUT2D eigenvalue weighted by atomic mass is 9.95. The molecule has 28 heavy (non-hydrogen) atoms. The van der Waals surface area contributed by atoms with Gasteiger partial charge < -0.3 is 9.73 Å². The summed E-state index contributed by atoms with van der Waals surface area (Å²) in [6.07, 6.45) is 7.63. The molecule has 1 fully saturated rings. The van der Waals surface area contributed by atoms with Crippen LogP contribution in [0.2, 0.25) is 0 Å². The van der Waals surface area contributed by atoms with Gasteiger partial charge in [-0.1, -0.05) is 55.3 Å². The molecule has 0 aliphatic heterocycles. The Hall–Kier alpha value is -2.54. The SMILES string of the molecule is C=CCn1c(SCC(=O)NC2CCCCC2)nnc1-c1cc2ccccc2o1. The molecule has 1 saturated carbocycles. The van der Waals surface area contributed by atoms with Gasteiger partial charge in [0, 0.05) is 18.0 Å². The molecule has 3 aromatic rings. The Bertz CT molecular complexity index is 939. The molecule has 4 rings (SSSR count). The number of hydrogen-bond donors (Lipinski definition) is 1. The molecule has 0 spiro atoms. The van der Waals surface area contributed by atoms with Crippen molar-refractivity contribution in [1.29, 1.82) is 0 Å². The Labute approximate surface area is 168 Å². The molecule has 1 aliphatic rings. The summed E-state index contributed by atoms with van der Waals surface area (Å²) in [7, 11) is 0. The van der Waals surface area contributed by atoms with Crippen molar-refractivity contribution in [3.63, 3.8) is 0 Å². The number of thioether (sulfide) groups is 1. The van der Waals surface area contributed by atoms with E-state index in [2.05, 4.69) is 22.1 Å². The zero-order valence-corrected chi connectivity index (χ0v) is 16.6. The number of carbonyl (C=O) groups is 1. The van der Waals surface area contributed by atoms with Crippen LogP contribution in [0.3, 0.4) is 0 Å². The van der Waals surface area contributed by atoms with Gasteiger partial charge in [-0.15, -0.1) is 16.8 Å². The zero-order chi connectivity index (χ0) is 19.3. The van der Waals surface area contributed by atoms with Crippen molar-refractivity contribution in [3.8, 4) is 11.6 Å². The number of fused-ring (bicyclic) bond motifs is 1. The highest BCUT2D eigenvalue weighted by molar-refractivity contribution is 7.99. The van der Waals surface area contributed by atoms with E-state index in [9.17, 15) is 4.79 Å². The van der Waals surface area contributed by atoms with Crippen molar-refractivity contribution in [2.75, 3.05) is 5.75 Å². The number of allylic oxidation sites excluding steroid dienone is 1. The topological polar surface area (TPSA) is 73.0 Å². The van der Waals surface area contributed by atoms with Crippen LogP contribution in [0.15, 0.2) is 52.6 Å². The van der Waals surface area contributed by atoms with Gasteiger partial charge in [-0.25, -0.2) is 0 Å². The molecule has 146 valence electrons. The highest BCUT2D eigenvalue weighted by Gasteiger charge is 2.19. The van der Waals surface area contributed by atoms with Crippen LogP contribution in [-0.4, -0.2) is 32.5 Å². The molecule has 0 radical (unpaired) electrons. The van der Waals surface area contributed by atoms with Crippen molar-refractivity contribution in [2.24, 2.45) is 0 Å². The van der Waals surface area contributed by atoms with Crippen LogP contribution in [0, 0.1) is 0 Å². The standard InChI is InChI=1S/C21H24N4O2S/c1-2-12-25-20(18-13-15-8-6-7-11-17(15)27-18)23-24-21(25)28-14-19(26)22-16-9-4-3-5-10-16/h2,6-8,11,13,16H,1,3-5,9-10,12,14H2,(H,22,26). The number of rotatable bonds is 7. The Morgan fingerprint density at radius 2 is 2.11 bits per heavy atom. The van der Waals surface area contributed by atoms with Gasteiger partial charge in [0.2, 0.25) is 11.7 Å². The van der Waals surface area contributed by atoms with Gasteiger partial charge in [0.15, 0.2) is 10.9 Å². The molecule has 7 heteroatoms. The maximum Gasteiger partial charge on any atom is 0.230 e. The second kappa shape index (κ2) is 8.65. The first-order valence-electron chi connectivity index (χ1n) is 9.70. The third-order valence-electron chi connectivity index (χ3n) is 4.98. The Morgan fingerprint density at radius 1 is 1.29 bits per heavy atom. The predicted molar refractivity (Wildman–Crippen MR) is 111 cm³/mol. The van der Waals surface area contributed by atoms with Crippen LogP contribution in [0.4, 0.5) is 0 Å². The second-order valence-corrected chi connectivity index (χ2v) is 7.99. The highest BCUT2D eigenvalue weighted by atomic mass is 32.2. The third kappa shape index (κ3) is 4.14. The Balaban J connectivity index is 1.48. The number of carbonyl (C=O) groups excluding carboxylic acids is 1. The number of furan rings is 1. The minimum absolute atomic E-state index is 0.0512. The first-order valence-corrected chi connectivity index (χ1v) is 10.7. The van der Waals surface area contributed by atoms with Crippen LogP contribution < -0.4 is 5.32 Å². The first-order chi connectivity index (χ1) is 13.7. The number of amides is 1. The normalized spacial score (nSPS) is 15.0. The molecule has 1 aromatic carbocycles. The zero-order valence-electron chi connectivity index (χ0n) is 15.8. The molecular formula is C21H24N4O2S. The van der Waals surface area contributed by atoms with Crippen molar-refractivity contribution < 1.29 is 9.21 Å². The van der Waals surface area contributed by atoms with Gasteiger partial charge in [-0.3, -0.25) is 9.36 Å². The van der Waals surface area contributed by atoms with Crippen molar-refractivity contribution in [1.82, 2.24) is 20.1 Å². The molecule has 2 heterocycles. The molecule has 2 aromatic heterocycles. The van der Waals surface area contributed by atoms with E-state index in [0.29, 0.717) is 35.1 Å². The number of para-hydroxylation sites is 1. The second-order valence-electron chi connectivity index (χ2n) is 7.05. The molecule has 0 unspecified atom stereocenters. The van der Waals surface area contributed by atoms with Gasteiger partial charge in [0.25, 0.3) is 0 Å². The number of nitrogens with zero attached hydrogens (tertiary/aromatic N) is 3. The summed E-state index contributed by atoms with van der Waals surface area (Å²) >= 11 is 1.39. The maximum atomic E-state index is 12.3. The van der Waals surface area contributed by atoms with E-state index in [4.69, 9.17) is 4.42 Å². The van der Waals surface area contributed by atoms with E-state index in [1.807, 2.05) is 34.9 Å². The molecule has 0 atom stereocenters.